The lowest BCUT2D eigenvalue weighted by Gasteiger charge is -2.40. The summed E-state index contributed by atoms with van der Waals surface area (Å²) in [6.45, 7) is 3.64. The smallest absolute Gasteiger partial charge is 0.335 e. The van der Waals surface area contributed by atoms with Gasteiger partial charge in [0.1, 0.15) is 16.6 Å². The maximum absolute atomic E-state index is 12.1. The molecule has 9 heteroatoms. The van der Waals surface area contributed by atoms with Crippen LogP contribution in [0.5, 0.6) is 0 Å². The van der Waals surface area contributed by atoms with E-state index < -0.39 is 17.8 Å². The van der Waals surface area contributed by atoms with Gasteiger partial charge in [-0.3, -0.25) is 0 Å². The molecule has 0 aromatic carbocycles. The minimum absolute atomic E-state index is 0.229. The predicted molar refractivity (Wildman–Crippen MR) is 96.6 cm³/mol. The highest BCUT2D eigenvalue weighted by molar-refractivity contribution is 7.99. The number of unbranched alkanes of at least 4 members (excludes halogenated alkanes) is 2. The van der Waals surface area contributed by atoms with E-state index in [0.29, 0.717) is 0 Å². The number of fused-ring (bicyclic) bond motifs is 3. The molecule has 3 aliphatic heterocycles. The molecule has 4 rings (SSSR count). The van der Waals surface area contributed by atoms with Gasteiger partial charge in [-0.05, 0) is 24.5 Å². The maximum Gasteiger partial charge on any atom is 0.335 e. The SMILES string of the molecule is CCCCCSc1nsnc1C1C2CCN(C2)C12OC(=O)C=CC(=O)O2. The van der Waals surface area contributed by atoms with Gasteiger partial charge < -0.3 is 9.47 Å². The van der Waals surface area contributed by atoms with Crippen LogP contribution in [-0.2, 0) is 19.1 Å². The molecule has 0 N–H and O–H groups in total. The van der Waals surface area contributed by atoms with Crippen LogP contribution < -0.4 is 0 Å². The summed E-state index contributed by atoms with van der Waals surface area (Å²) >= 11 is 2.85. The summed E-state index contributed by atoms with van der Waals surface area (Å²) in [6, 6.07) is 0. The highest BCUT2D eigenvalue weighted by Crippen LogP contribution is 2.54. The van der Waals surface area contributed by atoms with Crippen LogP contribution in [0.1, 0.15) is 44.2 Å². The van der Waals surface area contributed by atoms with E-state index in [1.807, 2.05) is 4.90 Å². The van der Waals surface area contributed by atoms with Crippen LogP contribution in [0.15, 0.2) is 17.2 Å². The molecule has 2 fully saturated rings. The summed E-state index contributed by atoms with van der Waals surface area (Å²) in [5.74, 6) is -1.61. The van der Waals surface area contributed by atoms with Crippen LogP contribution in [0.2, 0.25) is 0 Å². The molecule has 2 saturated heterocycles. The Kier molecular flexibility index (Phi) is 5.02. The number of rotatable bonds is 6. The van der Waals surface area contributed by atoms with E-state index >= 15 is 0 Å². The second-order valence-corrected chi connectivity index (χ2v) is 8.40. The Morgan fingerprint density at radius 2 is 2.04 bits per heavy atom. The van der Waals surface area contributed by atoms with Crippen LogP contribution in [0.4, 0.5) is 0 Å². The topological polar surface area (TPSA) is 81.6 Å². The third kappa shape index (κ3) is 3.05. The second kappa shape index (κ2) is 7.28. The van der Waals surface area contributed by atoms with Crippen LogP contribution in [-0.4, -0.2) is 50.3 Å². The molecule has 1 spiro atoms. The van der Waals surface area contributed by atoms with Gasteiger partial charge in [-0.1, -0.05) is 19.8 Å². The molecule has 0 aliphatic carbocycles. The van der Waals surface area contributed by atoms with Crippen LogP contribution in [0.25, 0.3) is 0 Å². The zero-order valence-corrected chi connectivity index (χ0v) is 16.2. The van der Waals surface area contributed by atoms with Gasteiger partial charge in [-0.2, -0.15) is 8.75 Å². The summed E-state index contributed by atoms with van der Waals surface area (Å²) in [6.07, 6.45) is 6.70. The molecule has 26 heavy (non-hydrogen) atoms. The van der Waals surface area contributed by atoms with E-state index in [9.17, 15) is 9.59 Å². The lowest BCUT2D eigenvalue weighted by atomic mass is 9.86. The molecule has 0 radical (unpaired) electrons. The highest BCUT2D eigenvalue weighted by atomic mass is 32.2. The summed E-state index contributed by atoms with van der Waals surface area (Å²) in [4.78, 5) is 26.2. The molecule has 2 bridgehead atoms. The van der Waals surface area contributed by atoms with E-state index in [2.05, 4.69) is 15.7 Å². The summed E-state index contributed by atoms with van der Waals surface area (Å²) in [7, 11) is 0. The van der Waals surface area contributed by atoms with E-state index in [-0.39, 0.29) is 11.8 Å². The highest BCUT2D eigenvalue weighted by Gasteiger charge is 2.65. The van der Waals surface area contributed by atoms with Gasteiger partial charge in [0.25, 0.3) is 0 Å². The molecule has 3 atom stereocenters. The fourth-order valence-electron chi connectivity index (χ4n) is 4.00. The zero-order chi connectivity index (χ0) is 18.1. The third-order valence-electron chi connectivity index (χ3n) is 5.14. The quantitative estimate of drug-likeness (QED) is 0.413. The number of nitrogens with zero attached hydrogens (tertiary/aromatic N) is 3. The number of hydrogen-bond acceptors (Lipinski definition) is 9. The van der Waals surface area contributed by atoms with Gasteiger partial charge in [0.15, 0.2) is 0 Å². The van der Waals surface area contributed by atoms with Gasteiger partial charge in [-0.15, -0.1) is 11.8 Å². The number of piperidine rings is 1. The number of ether oxygens (including phenoxy) is 2. The van der Waals surface area contributed by atoms with Gasteiger partial charge >= 0.3 is 17.8 Å². The molecule has 3 aliphatic rings. The van der Waals surface area contributed by atoms with E-state index in [1.165, 1.54) is 12.8 Å². The van der Waals surface area contributed by atoms with Crippen molar-refractivity contribution in [1.29, 1.82) is 0 Å². The molecule has 3 unspecified atom stereocenters. The maximum atomic E-state index is 12.1. The Bertz CT molecular complexity index is 715. The second-order valence-electron chi connectivity index (χ2n) is 6.79. The summed E-state index contributed by atoms with van der Waals surface area (Å²) in [5.41, 5.74) is 0.797. The summed E-state index contributed by atoms with van der Waals surface area (Å²) < 4.78 is 20.4. The van der Waals surface area contributed by atoms with E-state index in [1.54, 1.807) is 11.8 Å². The van der Waals surface area contributed by atoms with Crippen molar-refractivity contribution in [2.45, 2.75) is 49.5 Å². The molecule has 1 aromatic rings. The lowest BCUT2D eigenvalue weighted by molar-refractivity contribution is -0.281. The van der Waals surface area contributed by atoms with Crippen LogP contribution >= 0.6 is 23.5 Å². The zero-order valence-electron chi connectivity index (χ0n) is 14.6. The number of hydrogen-bond donors (Lipinski definition) is 0. The van der Waals surface area contributed by atoms with Crippen molar-refractivity contribution in [2.75, 3.05) is 18.8 Å². The molecule has 7 nitrogen and oxygen atoms in total. The first kappa shape index (κ1) is 17.9. The third-order valence-corrected chi connectivity index (χ3v) is 6.87. The summed E-state index contributed by atoms with van der Waals surface area (Å²) in [5, 5.41) is 0.869. The van der Waals surface area contributed by atoms with Crippen LogP contribution in [0, 0.1) is 5.92 Å². The van der Waals surface area contributed by atoms with Gasteiger partial charge in [0.2, 0.25) is 0 Å². The normalized spacial score (nSPS) is 29.0. The van der Waals surface area contributed by atoms with E-state index in [0.717, 1.165) is 66.3 Å². The van der Waals surface area contributed by atoms with Crippen molar-refractivity contribution < 1.29 is 19.1 Å². The fourth-order valence-corrected chi connectivity index (χ4v) is 5.73. The predicted octanol–water partition coefficient (Wildman–Crippen LogP) is 2.55. The molecule has 0 amide bonds. The Hall–Kier alpha value is -1.45. The van der Waals surface area contributed by atoms with Gasteiger partial charge in [0.05, 0.1) is 11.7 Å². The van der Waals surface area contributed by atoms with Gasteiger partial charge in [0, 0.05) is 25.2 Å². The van der Waals surface area contributed by atoms with Crippen molar-refractivity contribution in [3.05, 3.63) is 17.8 Å². The first-order valence-electron chi connectivity index (χ1n) is 8.98. The van der Waals surface area contributed by atoms with E-state index in [4.69, 9.17) is 9.47 Å². The van der Waals surface area contributed by atoms with Crippen molar-refractivity contribution in [3.63, 3.8) is 0 Å². The molecular formula is C17H21N3O4S2. The standard InChI is InChI=1S/C17H21N3O4S2/c1-2-3-4-9-25-16-15(18-26-19-16)14-11-7-8-20(10-11)17(14)23-12(21)5-6-13(22)24-17/h5-6,11,14H,2-4,7-10H2,1H3. The Balaban J connectivity index is 1.64. The Morgan fingerprint density at radius 1 is 1.27 bits per heavy atom. The number of esters is 2. The largest absolute Gasteiger partial charge is 0.404 e. The molecule has 1 aromatic heterocycles. The van der Waals surface area contributed by atoms with Gasteiger partial charge in [-0.25, -0.2) is 14.5 Å². The first-order chi connectivity index (χ1) is 12.6. The molecular weight excluding hydrogens is 374 g/mol. The number of aromatic nitrogens is 2. The average Bonchev–Trinajstić information content (AvgIpc) is 3.30. The average molecular weight is 396 g/mol. The number of carbonyl (C=O) groups is 2. The molecule has 0 saturated carbocycles. The Morgan fingerprint density at radius 3 is 2.77 bits per heavy atom. The first-order valence-corrected chi connectivity index (χ1v) is 10.7. The van der Waals surface area contributed by atoms with Crippen LogP contribution in [0.3, 0.4) is 0 Å². The minimum Gasteiger partial charge on any atom is -0.404 e. The van der Waals surface area contributed by atoms with Crippen molar-refractivity contribution in [1.82, 2.24) is 13.6 Å². The minimum atomic E-state index is -1.39. The monoisotopic (exact) mass is 395 g/mol. The lowest BCUT2D eigenvalue weighted by Crippen LogP contribution is -2.55. The molecule has 4 heterocycles. The van der Waals surface area contributed by atoms with Crippen molar-refractivity contribution >= 4 is 35.4 Å². The fraction of sp³-hybridized carbons (Fsp3) is 0.647. The van der Waals surface area contributed by atoms with Crippen molar-refractivity contribution in [3.8, 4) is 0 Å². The molecule has 140 valence electrons. The number of carbonyl (C=O) groups excluding carboxylic acids is 2. The number of thioether (sulfide) groups is 1. The van der Waals surface area contributed by atoms with Crippen molar-refractivity contribution in [2.24, 2.45) is 5.92 Å². The Labute approximate surface area is 160 Å².